The topological polar surface area (TPSA) is 122 Å². The molecule has 0 aliphatic heterocycles. The van der Waals surface area contributed by atoms with Gasteiger partial charge in [0.1, 0.15) is 5.82 Å². The molecule has 2 aromatic carbocycles. The number of hydrogen-bond donors (Lipinski definition) is 3. The lowest BCUT2D eigenvalue weighted by atomic mass is 10.2. The van der Waals surface area contributed by atoms with Gasteiger partial charge in [0.05, 0.1) is 25.1 Å². The molecule has 0 spiro atoms. The maximum absolute atomic E-state index is 12.2. The molecule has 0 aliphatic carbocycles. The Labute approximate surface area is 172 Å². The molecule has 0 atom stereocenters. The number of nitrogens with one attached hydrogen (secondary N) is 3. The summed E-state index contributed by atoms with van der Waals surface area (Å²) < 4.78 is 10.3. The van der Waals surface area contributed by atoms with Crippen LogP contribution >= 0.6 is 0 Å². The number of para-hydroxylation sites is 1. The first-order valence-electron chi connectivity index (χ1n) is 9.31. The molecule has 0 fully saturated rings. The molecule has 2 amide bonds. The fourth-order valence-corrected chi connectivity index (χ4v) is 2.91. The number of carbonyl (C=O) groups is 2. The Morgan fingerprint density at radius 1 is 1.03 bits per heavy atom. The molecule has 3 aromatic rings. The molecule has 156 valence electrons. The largest absolute Gasteiger partial charge is 0.493 e. The highest BCUT2D eigenvalue weighted by Crippen LogP contribution is 2.27. The zero-order chi connectivity index (χ0) is 21.5. The number of rotatable bonds is 7. The number of aryl methyl sites for hydroxylation is 1. The van der Waals surface area contributed by atoms with Crippen LogP contribution in [0.2, 0.25) is 0 Å². The summed E-state index contributed by atoms with van der Waals surface area (Å²) >= 11 is 0. The van der Waals surface area contributed by atoms with Gasteiger partial charge in [-0.3, -0.25) is 25.2 Å². The molecule has 9 nitrogen and oxygen atoms in total. The zero-order valence-electron chi connectivity index (χ0n) is 16.7. The first-order chi connectivity index (χ1) is 14.5. The summed E-state index contributed by atoms with van der Waals surface area (Å²) in [5.41, 5.74) is 5.45. The second kappa shape index (κ2) is 9.55. The van der Waals surface area contributed by atoms with Crippen molar-refractivity contribution < 1.29 is 19.1 Å². The minimum absolute atomic E-state index is 0.156. The van der Waals surface area contributed by atoms with Gasteiger partial charge < -0.3 is 14.5 Å². The van der Waals surface area contributed by atoms with Gasteiger partial charge in [-0.25, -0.2) is 4.98 Å². The molecule has 0 saturated heterocycles. The number of hydrogen-bond acceptors (Lipinski definition) is 6. The van der Waals surface area contributed by atoms with Gasteiger partial charge in [-0.15, -0.1) is 0 Å². The average molecular weight is 410 g/mol. The summed E-state index contributed by atoms with van der Waals surface area (Å²) in [6.45, 7) is 0. The highest BCUT2D eigenvalue weighted by Gasteiger charge is 2.12. The Morgan fingerprint density at radius 3 is 2.57 bits per heavy atom. The quantitative estimate of drug-likeness (QED) is 0.510. The number of amides is 2. The van der Waals surface area contributed by atoms with Crippen molar-refractivity contribution in [2.45, 2.75) is 19.3 Å². The van der Waals surface area contributed by atoms with E-state index in [4.69, 9.17) is 9.47 Å². The standard InChI is InChI=1S/C21H22N4O5/c1-29-16-11-10-13(12-17(16)30-2)20(27)25-24-19(26)9-5-8-18-22-15-7-4-3-6-14(15)21(28)23-18/h3-4,6-7,10-12H,5,8-9H2,1-2H3,(H,24,26)(H,25,27)(H,22,23,28). The van der Waals surface area contributed by atoms with Crippen LogP contribution in [0.1, 0.15) is 29.0 Å². The van der Waals surface area contributed by atoms with E-state index in [0.29, 0.717) is 46.6 Å². The third kappa shape index (κ3) is 4.93. The lowest BCUT2D eigenvalue weighted by Crippen LogP contribution is -2.41. The van der Waals surface area contributed by atoms with Crippen LogP contribution in [-0.2, 0) is 11.2 Å². The van der Waals surface area contributed by atoms with E-state index in [2.05, 4.69) is 20.8 Å². The third-order valence-corrected chi connectivity index (χ3v) is 4.44. The van der Waals surface area contributed by atoms with Gasteiger partial charge in [0.25, 0.3) is 11.5 Å². The van der Waals surface area contributed by atoms with Crippen LogP contribution in [0.25, 0.3) is 10.9 Å². The number of fused-ring (bicyclic) bond motifs is 1. The number of hydrazine groups is 1. The molecule has 0 bridgehead atoms. The summed E-state index contributed by atoms with van der Waals surface area (Å²) in [6.07, 6.45) is 1.04. The van der Waals surface area contributed by atoms with Crippen molar-refractivity contribution in [3.8, 4) is 11.5 Å². The molecule has 0 aliphatic rings. The van der Waals surface area contributed by atoms with Gasteiger partial charge >= 0.3 is 0 Å². The average Bonchev–Trinajstić information content (AvgIpc) is 2.77. The smallest absolute Gasteiger partial charge is 0.269 e. The Morgan fingerprint density at radius 2 is 1.80 bits per heavy atom. The zero-order valence-corrected chi connectivity index (χ0v) is 16.7. The number of benzene rings is 2. The number of methoxy groups -OCH3 is 2. The first kappa shape index (κ1) is 20.8. The Balaban J connectivity index is 1.49. The maximum Gasteiger partial charge on any atom is 0.269 e. The van der Waals surface area contributed by atoms with Gasteiger partial charge in [0.2, 0.25) is 5.91 Å². The van der Waals surface area contributed by atoms with E-state index in [9.17, 15) is 14.4 Å². The number of carbonyl (C=O) groups excluding carboxylic acids is 2. The third-order valence-electron chi connectivity index (χ3n) is 4.44. The summed E-state index contributed by atoms with van der Waals surface area (Å²) in [6, 6.07) is 11.7. The van der Waals surface area contributed by atoms with E-state index >= 15 is 0 Å². The van der Waals surface area contributed by atoms with E-state index in [1.54, 1.807) is 30.3 Å². The predicted molar refractivity (Wildman–Crippen MR) is 110 cm³/mol. The molecular formula is C21H22N4O5. The minimum atomic E-state index is -0.482. The summed E-state index contributed by atoms with van der Waals surface area (Å²) in [7, 11) is 2.97. The van der Waals surface area contributed by atoms with Gasteiger partial charge in [-0.05, 0) is 36.8 Å². The van der Waals surface area contributed by atoms with Crippen molar-refractivity contribution >= 4 is 22.7 Å². The van der Waals surface area contributed by atoms with Gasteiger partial charge in [-0.2, -0.15) is 0 Å². The van der Waals surface area contributed by atoms with Crippen molar-refractivity contribution in [1.82, 2.24) is 20.8 Å². The minimum Gasteiger partial charge on any atom is -0.493 e. The van der Waals surface area contributed by atoms with Crippen LogP contribution in [0.15, 0.2) is 47.3 Å². The molecule has 3 rings (SSSR count). The van der Waals surface area contributed by atoms with Crippen LogP contribution in [0.4, 0.5) is 0 Å². The van der Waals surface area contributed by atoms with Crippen molar-refractivity contribution in [3.05, 3.63) is 64.2 Å². The molecule has 9 heteroatoms. The fourth-order valence-electron chi connectivity index (χ4n) is 2.91. The van der Waals surface area contributed by atoms with E-state index in [1.807, 2.05) is 6.07 Å². The highest BCUT2D eigenvalue weighted by molar-refractivity contribution is 5.96. The summed E-state index contributed by atoms with van der Waals surface area (Å²) in [5.74, 6) is 0.587. The summed E-state index contributed by atoms with van der Waals surface area (Å²) in [5, 5.41) is 0.525. The van der Waals surface area contributed by atoms with Gasteiger partial charge in [-0.1, -0.05) is 12.1 Å². The van der Waals surface area contributed by atoms with Gasteiger partial charge in [0, 0.05) is 18.4 Å². The molecule has 0 saturated carbocycles. The van der Waals surface area contributed by atoms with E-state index in [-0.39, 0.29) is 17.9 Å². The number of aromatic nitrogens is 2. The van der Waals surface area contributed by atoms with Crippen LogP contribution in [0, 0.1) is 0 Å². The Bertz CT molecular complexity index is 1130. The second-order valence-electron chi connectivity index (χ2n) is 6.46. The monoisotopic (exact) mass is 410 g/mol. The second-order valence-corrected chi connectivity index (χ2v) is 6.46. The number of aromatic amines is 1. The lowest BCUT2D eigenvalue weighted by Gasteiger charge is -2.10. The molecule has 1 heterocycles. The molecule has 3 N–H and O–H groups in total. The lowest BCUT2D eigenvalue weighted by molar-refractivity contribution is -0.121. The molecule has 30 heavy (non-hydrogen) atoms. The molecule has 0 radical (unpaired) electrons. The van der Waals surface area contributed by atoms with Crippen LogP contribution in [0.5, 0.6) is 11.5 Å². The molecule has 0 unspecified atom stereocenters. The fraction of sp³-hybridized carbons (Fsp3) is 0.238. The van der Waals surface area contributed by atoms with Crippen LogP contribution < -0.4 is 25.9 Å². The van der Waals surface area contributed by atoms with E-state index in [1.165, 1.54) is 20.3 Å². The Kier molecular flexibility index (Phi) is 6.63. The van der Waals surface area contributed by atoms with Gasteiger partial charge in [0.15, 0.2) is 11.5 Å². The van der Waals surface area contributed by atoms with Crippen molar-refractivity contribution in [1.29, 1.82) is 0 Å². The van der Waals surface area contributed by atoms with E-state index < -0.39 is 5.91 Å². The Hall–Kier alpha value is -3.88. The van der Waals surface area contributed by atoms with Crippen molar-refractivity contribution in [2.75, 3.05) is 14.2 Å². The van der Waals surface area contributed by atoms with E-state index in [0.717, 1.165) is 0 Å². The summed E-state index contributed by atoms with van der Waals surface area (Å²) in [4.78, 5) is 43.4. The van der Waals surface area contributed by atoms with Crippen molar-refractivity contribution in [3.63, 3.8) is 0 Å². The van der Waals surface area contributed by atoms with Crippen LogP contribution in [0.3, 0.4) is 0 Å². The highest BCUT2D eigenvalue weighted by atomic mass is 16.5. The van der Waals surface area contributed by atoms with Crippen LogP contribution in [-0.4, -0.2) is 36.0 Å². The SMILES string of the molecule is COc1ccc(C(=O)NNC(=O)CCCc2nc3ccccc3c(=O)[nH]2)cc1OC. The predicted octanol–water partition coefficient (Wildman–Crippen LogP) is 1.72. The molecular weight excluding hydrogens is 388 g/mol. The number of H-pyrrole nitrogens is 1. The molecule has 1 aromatic heterocycles. The first-order valence-corrected chi connectivity index (χ1v) is 9.31. The number of ether oxygens (including phenoxy) is 2. The normalized spacial score (nSPS) is 10.5. The van der Waals surface area contributed by atoms with Crippen molar-refractivity contribution in [2.24, 2.45) is 0 Å². The number of nitrogens with zero attached hydrogens (tertiary/aromatic N) is 1. The maximum atomic E-state index is 12.2.